The highest BCUT2D eigenvalue weighted by atomic mass is 19.1. The molecule has 2 aromatic rings. The molecule has 6 nitrogen and oxygen atoms in total. The number of rotatable bonds is 8. The summed E-state index contributed by atoms with van der Waals surface area (Å²) in [7, 11) is 1.30. The predicted octanol–water partition coefficient (Wildman–Crippen LogP) is 4.06. The zero-order chi connectivity index (χ0) is 22.6. The van der Waals surface area contributed by atoms with Crippen LogP contribution in [0.15, 0.2) is 24.3 Å². The second-order valence-electron chi connectivity index (χ2n) is 7.21. The van der Waals surface area contributed by atoms with Crippen molar-refractivity contribution in [2.75, 3.05) is 7.11 Å². The van der Waals surface area contributed by atoms with Crippen molar-refractivity contribution in [2.24, 2.45) is 0 Å². The van der Waals surface area contributed by atoms with E-state index in [0.717, 1.165) is 5.56 Å². The first-order valence-electron chi connectivity index (χ1n) is 10.0. The Kier molecular flexibility index (Phi) is 7.54. The molecule has 162 valence electrons. The van der Waals surface area contributed by atoms with Gasteiger partial charge in [0.2, 0.25) is 5.91 Å². The molecule has 0 fully saturated rings. The Morgan fingerprint density at radius 3 is 2.23 bits per heavy atom. The van der Waals surface area contributed by atoms with Gasteiger partial charge in [0.1, 0.15) is 11.5 Å². The van der Waals surface area contributed by atoms with E-state index in [9.17, 15) is 18.8 Å². The van der Waals surface area contributed by atoms with E-state index >= 15 is 0 Å². The predicted molar refractivity (Wildman–Crippen MR) is 112 cm³/mol. The monoisotopic (exact) mass is 416 g/mol. The van der Waals surface area contributed by atoms with Crippen LogP contribution < -0.4 is 0 Å². The van der Waals surface area contributed by atoms with E-state index in [0.29, 0.717) is 29.1 Å². The Balaban J connectivity index is 2.46. The van der Waals surface area contributed by atoms with Gasteiger partial charge in [-0.2, -0.15) is 0 Å². The molecular formula is C23H29FN2O4. The van der Waals surface area contributed by atoms with Gasteiger partial charge in [-0.05, 0) is 51.0 Å². The average molecular weight is 416 g/mol. The summed E-state index contributed by atoms with van der Waals surface area (Å²) in [6.45, 7) is 9.50. The van der Waals surface area contributed by atoms with Gasteiger partial charge in [0.05, 0.1) is 13.2 Å². The number of halogens is 1. The van der Waals surface area contributed by atoms with Gasteiger partial charge < -0.3 is 14.2 Å². The number of nitrogens with zero attached hydrogens (tertiary/aromatic N) is 2. The van der Waals surface area contributed by atoms with Crippen LogP contribution in [-0.2, 0) is 22.6 Å². The summed E-state index contributed by atoms with van der Waals surface area (Å²) in [4.78, 5) is 39.9. The molecule has 1 unspecified atom stereocenters. The Morgan fingerprint density at radius 2 is 1.73 bits per heavy atom. The number of methoxy groups -OCH3 is 1. The number of Topliss-reactive ketones (excluding diaryl/α,β-unsaturated/α-hetero) is 1. The quantitative estimate of drug-likeness (QED) is 0.481. The second kappa shape index (κ2) is 9.69. The van der Waals surface area contributed by atoms with Crippen molar-refractivity contribution in [2.45, 2.75) is 60.2 Å². The van der Waals surface area contributed by atoms with E-state index in [2.05, 4.69) is 0 Å². The summed E-state index contributed by atoms with van der Waals surface area (Å²) in [5, 5.41) is 0. The SMILES string of the molecule is CCC(=O)N(Cc1ccc(F)cc1)C(C)C(=O)c1c(C)c(C(=O)OC)n(CC)c1C. The topological polar surface area (TPSA) is 68.6 Å². The number of ether oxygens (including phenoxy) is 1. The van der Waals surface area contributed by atoms with E-state index in [4.69, 9.17) is 4.74 Å². The summed E-state index contributed by atoms with van der Waals surface area (Å²) in [6.07, 6.45) is 0.236. The minimum atomic E-state index is -0.752. The maximum Gasteiger partial charge on any atom is 0.354 e. The lowest BCUT2D eigenvalue weighted by Gasteiger charge is -2.28. The van der Waals surface area contributed by atoms with Crippen LogP contribution in [0.5, 0.6) is 0 Å². The van der Waals surface area contributed by atoms with Gasteiger partial charge in [-0.25, -0.2) is 9.18 Å². The molecule has 1 atom stereocenters. The number of amides is 1. The minimum Gasteiger partial charge on any atom is -0.464 e. The number of carbonyl (C=O) groups excluding carboxylic acids is 3. The van der Waals surface area contributed by atoms with Crippen molar-refractivity contribution < 1.29 is 23.5 Å². The fraction of sp³-hybridized carbons (Fsp3) is 0.435. The lowest BCUT2D eigenvalue weighted by atomic mass is 9.99. The Labute approximate surface area is 176 Å². The van der Waals surface area contributed by atoms with E-state index in [1.165, 1.54) is 24.1 Å². The summed E-state index contributed by atoms with van der Waals surface area (Å²) >= 11 is 0. The molecule has 0 bridgehead atoms. The maximum atomic E-state index is 13.5. The highest BCUT2D eigenvalue weighted by Crippen LogP contribution is 2.26. The number of esters is 1. The lowest BCUT2D eigenvalue weighted by Crippen LogP contribution is -2.42. The zero-order valence-electron chi connectivity index (χ0n) is 18.4. The Morgan fingerprint density at radius 1 is 1.13 bits per heavy atom. The second-order valence-corrected chi connectivity index (χ2v) is 7.21. The summed E-state index contributed by atoms with van der Waals surface area (Å²) < 4.78 is 19.9. The van der Waals surface area contributed by atoms with Crippen LogP contribution in [0.4, 0.5) is 4.39 Å². The zero-order valence-corrected chi connectivity index (χ0v) is 18.4. The van der Waals surface area contributed by atoms with Crippen molar-refractivity contribution in [3.63, 3.8) is 0 Å². The average Bonchev–Trinajstić information content (AvgIpc) is 3.00. The highest BCUT2D eigenvalue weighted by Gasteiger charge is 2.32. The minimum absolute atomic E-state index is 0.182. The van der Waals surface area contributed by atoms with Crippen LogP contribution >= 0.6 is 0 Å². The highest BCUT2D eigenvalue weighted by molar-refractivity contribution is 6.06. The van der Waals surface area contributed by atoms with E-state index in [1.54, 1.807) is 44.4 Å². The van der Waals surface area contributed by atoms with Crippen molar-refractivity contribution in [1.82, 2.24) is 9.47 Å². The molecule has 0 aliphatic carbocycles. The third-order valence-electron chi connectivity index (χ3n) is 5.44. The first-order chi connectivity index (χ1) is 14.2. The van der Waals surface area contributed by atoms with Gasteiger partial charge >= 0.3 is 5.97 Å². The van der Waals surface area contributed by atoms with Gasteiger partial charge in [0.25, 0.3) is 0 Å². The van der Waals surface area contributed by atoms with E-state index in [1.807, 2.05) is 6.92 Å². The largest absolute Gasteiger partial charge is 0.464 e. The molecule has 0 spiro atoms. The van der Waals surface area contributed by atoms with Gasteiger partial charge in [0, 0.05) is 30.8 Å². The molecule has 0 radical (unpaired) electrons. The molecule has 1 heterocycles. The normalized spacial score (nSPS) is 11.8. The van der Waals surface area contributed by atoms with Crippen molar-refractivity contribution in [3.05, 3.63) is 58.2 Å². The first kappa shape index (κ1) is 23.3. The van der Waals surface area contributed by atoms with Crippen LogP contribution in [0.2, 0.25) is 0 Å². The molecule has 0 aliphatic heterocycles. The smallest absolute Gasteiger partial charge is 0.354 e. The summed E-state index contributed by atoms with van der Waals surface area (Å²) in [5.41, 5.74) is 2.71. The van der Waals surface area contributed by atoms with E-state index in [-0.39, 0.29) is 30.5 Å². The van der Waals surface area contributed by atoms with Crippen LogP contribution in [0.1, 0.15) is 64.9 Å². The fourth-order valence-corrected chi connectivity index (χ4v) is 3.79. The molecule has 0 saturated carbocycles. The summed E-state index contributed by atoms with van der Waals surface area (Å²) in [6, 6.07) is 5.10. The molecular weight excluding hydrogens is 387 g/mol. The van der Waals surface area contributed by atoms with Gasteiger partial charge in [0.15, 0.2) is 5.78 Å². The standard InChI is InChI=1S/C23H29FN2O4/c1-7-19(27)26(13-17-9-11-18(24)12-10-17)16(5)22(28)20-14(3)21(23(29)30-6)25(8-2)15(20)4/h9-12,16H,7-8,13H2,1-6H3. The van der Waals surface area contributed by atoms with Gasteiger partial charge in [-0.15, -0.1) is 0 Å². The first-order valence-corrected chi connectivity index (χ1v) is 10.0. The Bertz CT molecular complexity index is 947. The number of carbonyl (C=O) groups is 3. The van der Waals surface area contributed by atoms with Crippen molar-refractivity contribution in [3.8, 4) is 0 Å². The summed E-state index contributed by atoms with van der Waals surface area (Å²) in [5.74, 6) is -1.29. The molecule has 7 heteroatoms. The van der Waals surface area contributed by atoms with Gasteiger partial charge in [-0.3, -0.25) is 9.59 Å². The lowest BCUT2D eigenvalue weighted by molar-refractivity contribution is -0.132. The third kappa shape index (κ3) is 4.45. The van der Waals surface area contributed by atoms with Crippen LogP contribution in [0.25, 0.3) is 0 Å². The molecule has 1 aromatic heterocycles. The molecule has 0 aliphatic rings. The number of benzene rings is 1. The maximum absolute atomic E-state index is 13.5. The number of hydrogen-bond donors (Lipinski definition) is 0. The molecule has 0 saturated heterocycles. The third-order valence-corrected chi connectivity index (χ3v) is 5.44. The molecule has 2 rings (SSSR count). The van der Waals surface area contributed by atoms with Crippen molar-refractivity contribution in [1.29, 1.82) is 0 Å². The van der Waals surface area contributed by atoms with Crippen LogP contribution in [0.3, 0.4) is 0 Å². The molecule has 1 aromatic carbocycles. The Hall–Kier alpha value is -2.96. The molecule has 1 amide bonds. The number of hydrogen-bond acceptors (Lipinski definition) is 4. The van der Waals surface area contributed by atoms with E-state index < -0.39 is 12.0 Å². The number of aromatic nitrogens is 1. The fourth-order valence-electron chi connectivity index (χ4n) is 3.79. The number of ketones is 1. The van der Waals surface area contributed by atoms with Crippen molar-refractivity contribution >= 4 is 17.7 Å². The van der Waals surface area contributed by atoms with Crippen LogP contribution in [-0.4, -0.2) is 40.3 Å². The molecule has 0 N–H and O–H groups in total. The molecule has 30 heavy (non-hydrogen) atoms. The van der Waals surface area contributed by atoms with Crippen LogP contribution in [0, 0.1) is 19.7 Å². The van der Waals surface area contributed by atoms with Gasteiger partial charge in [-0.1, -0.05) is 19.1 Å².